The van der Waals surface area contributed by atoms with E-state index < -0.39 is 0 Å². The van der Waals surface area contributed by atoms with E-state index in [9.17, 15) is 9.59 Å². The molecule has 30 heavy (non-hydrogen) atoms. The van der Waals surface area contributed by atoms with Gasteiger partial charge in [-0.05, 0) is 42.7 Å². The number of hydrogen-bond acceptors (Lipinski definition) is 3. The minimum atomic E-state index is -0.141. The summed E-state index contributed by atoms with van der Waals surface area (Å²) in [5.74, 6) is 0.173. The molecule has 0 aliphatic heterocycles. The van der Waals surface area contributed by atoms with Gasteiger partial charge >= 0.3 is 0 Å². The van der Waals surface area contributed by atoms with Crippen LogP contribution in [0.25, 0.3) is 5.69 Å². The molecule has 0 unspecified atom stereocenters. The average Bonchev–Trinajstić information content (AvgIpc) is 3.22. The molecule has 3 aromatic rings. The van der Waals surface area contributed by atoms with Crippen LogP contribution in [0.2, 0.25) is 0 Å². The third kappa shape index (κ3) is 4.59. The fourth-order valence-electron chi connectivity index (χ4n) is 4.15. The Bertz CT molecular complexity index is 1010. The number of carbonyl (C=O) groups excluding carboxylic acids is 2. The van der Waals surface area contributed by atoms with Gasteiger partial charge in [0.05, 0.1) is 23.8 Å². The highest BCUT2D eigenvalue weighted by Gasteiger charge is 2.27. The summed E-state index contributed by atoms with van der Waals surface area (Å²) in [4.78, 5) is 24.0. The van der Waals surface area contributed by atoms with Crippen molar-refractivity contribution in [2.75, 3.05) is 5.32 Å². The number of benzene rings is 2. The molecule has 1 aliphatic carbocycles. The van der Waals surface area contributed by atoms with Crippen molar-refractivity contribution in [2.45, 2.75) is 44.6 Å². The molecule has 1 fully saturated rings. The predicted molar refractivity (Wildman–Crippen MR) is 117 cm³/mol. The fraction of sp³-hybridized carbons (Fsp3) is 0.292. The molecule has 154 valence electrons. The fourth-order valence-corrected chi connectivity index (χ4v) is 4.15. The highest BCUT2D eigenvalue weighted by Crippen LogP contribution is 2.33. The van der Waals surface area contributed by atoms with E-state index in [1.54, 1.807) is 17.1 Å². The molecular formula is C24H26N4O2. The number of anilines is 1. The number of carbonyl (C=O) groups is 2. The molecule has 2 atom stereocenters. The van der Waals surface area contributed by atoms with Crippen molar-refractivity contribution in [1.82, 2.24) is 15.1 Å². The Balaban J connectivity index is 1.44. The largest absolute Gasteiger partial charge is 0.349 e. The van der Waals surface area contributed by atoms with Gasteiger partial charge in [0.1, 0.15) is 0 Å². The SMILES string of the molecule is CC(=O)Nc1cnn(-c2ccc(C(=O)N[C@@H]3CCCC[C@H]3c3ccccc3)cc2)c1. The van der Waals surface area contributed by atoms with Crippen molar-refractivity contribution in [3.8, 4) is 5.69 Å². The van der Waals surface area contributed by atoms with Gasteiger partial charge < -0.3 is 10.6 Å². The normalized spacial score (nSPS) is 18.6. The molecule has 6 heteroatoms. The first-order chi connectivity index (χ1) is 14.6. The zero-order chi connectivity index (χ0) is 20.9. The third-order valence-corrected chi connectivity index (χ3v) is 5.61. The van der Waals surface area contributed by atoms with Crippen LogP contribution >= 0.6 is 0 Å². The van der Waals surface area contributed by atoms with E-state index in [0.29, 0.717) is 17.2 Å². The van der Waals surface area contributed by atoms with Crippen LogP contribution in [0, 0.1) is 0 Å². The van der Waals surface area contributed by atoms with Gasteiger partial charge in [0.15, 0.2) is 0 Å². The van der Waals surface area contributed by atoms with Crippen LogP contribution in [0.5, 0.6) is 0 Å². The molecule has 4 rings (SSSR count). The molecule has 0 bridgehead atoms. The number of aromatic nitrogens is 2. The van der Waals surface area contributed by atoms with E-state index in [4.69, 9.17) is 0 Å². The predicted octanol–water partition coefficient (Wildman–Crippen LogP) is 4.29. The van der Waals surface area contributed by atoms with Crippen molar-refractivity contribution < 1.29 is 9.59 Å². The zero-order valence-corrected chi connectivity index (χ0v) is 17.0. The second kappa shape index (κ2) is 8.95. The van der Waals surface area contributed by atoms with Crippen LogP contribution in [0.1, 0.15) is 54.4 Å². The Kier molecular flexibility index (Phi) is 5.93. The van der Waals surface area contributed by atoms with Gasteiger partial charge in [-0.3, -0.25) is 9.59 Å². The lowest BCUT2D eigenvalue weighted by Gasteiger charge is -2.32. The van der Waals surface area contributed by atoms with Crippen molar-refractivity contribution in [1.29, 1.82) is 0 Å². The van der Waals surface area contributed by atoms with E-state index >= 15 is 0 Å². The third-order valence-electron chi connectivity index (χ3n) is 5.61. The minimum Gasteiger partial charge on any atom is -0.349 e. The molecule has 1 aliphatic rings. The summed E-state index contributed by atoms with van der Waals surface area (Å²) < 4.78 is 1.67. The number of nitrogens with one attached hydrogen (secondary N) is 2. The van der Waals surface area contributed by atoms with Gasteiger partial charge in [-0.2, -0.15) is 5.10 Å². The molecule has 0 radical (unpaired) electrons. The summed E-state index contributed by atoms with van der Waals surface area (Å²) in [6, 6.07) is 18.0. The Morgan fingerprint density at radius 2 is 1.73 bits per heavy atom. The summed E-state index contributed by atoms with van der Waals surface area (Å²) in [5.41, 5.74) is 3.38. The lowest BCUT2D eigenvalue weighted by atomic mass is 9.80. The molecule has 1 aromatic heterocycles. The van der Waals surface area contributed by atoms with Crippen molar-refractivity contribution in [3.05, 3.63) is 78.1 Å². The molecular weight excluding hydrogens is 376 g/mol. The molecule has 2 N–H and O–H groups in total. The molecule has 6 nitrogen and oxygen atoms in total. The van der Waals surface area contributed by atoms with Crippen LogP contribution in [0.3, 0.4) is 0 Å². The Labute approximate surface area is 176 Å². The van der Waals surface area contributed by atoms with E-state index in [-0.39, 0.29) is 17.9 Å². The maximum Gasteiger partial charge on any atom is 0.251 e. The lowest BCUT2D eigenvalue weighted by Crippen LogP contribution is -2.41. The second-order valence-corrected chi connectivity index (χ2v) is 7.78. The minimum absolute atomic E-state index is 0.0474. The first-order valence-electron chi connectivity index (χ1n) is 10.4. The van der Waals surface area contributed by atoms with Gasteiger partial charge in [-0.25, -0.2) is 4.68 Å². The smallest absolute Gasteiger partial charge is 0.251 e. The lowest BCUT2D eigenvalue weighted by molar-refractivity contribution is -0.114. The molecule has 0 saturated heterocycles. The van der Waals surface area contributed by atoms with Crippen molar-refractivity contribution in [3.63, 3.8) is 0 Å². The Morgan fingerprint density at radius 3 is 2.47 bits per heavy atom. The van der Waals surface area contributed by atoms with E-state index in [0.717, 1.165) is 24.9 Å². The van der Waals surface area contributed by atoms with Gasteiger partial charge in [0, 0.05) is 24.4 Å². The number of nitrogens with zero attached hydrogens (tertiary/aromatic N) is 2. The summed E-state index contributed by atoms with van der Waals surface area (Å²) in [6.45, 7) is 1.46. The zero-order valence-electron chi connectivity index (χ0n) is 17.0. The van der Waals surface area contributed by atoms with Gasteiger partial charge in [-0.15, -0.1) is 0 Å². The maximum atomic E-state index is 12.9. The van der Waals surface area contributed by atoms with Crippen LogP contribution in [0.15, 0.2) is 67.0 Å². The summed E-state index contributed by atoms with van der Waals surface area (Å²) in [5, 5.41) is 10.2. The van der Waals surface area contributed by atoms with E-state index in [2.05, 4.69) is 40.0 Å². The Hall–Kier alpha value is -3.41. The van der Waals surface area contributed by atoms with Gasteiger partial charge in [-0.1, -0.05) is 43.2 Å². The first-order valence-corrected chi connectivity index (χ1v) is 10.4. The molecule has 1 saturated carbocycles. The molecule has 1 heterocycles. The molecule has 2 aromatic carbocycles. The number of amides is 2. The summed E-state index contributed by atoms with van der Waals surface area (Å²) >= 11 is 0. The van der Waals surface area contributed by atoms with Gasteiger partial charge in [0.25, 0.3) is 5.91 Å². The first kappa shape index (κ1) is 19.9. The van der Waals surface area contributed by atoms with E-state index in [1.807, 2.05) is 30.3 Å². The molecule has 0 spiro atoms. The standard InChI is InChI=1S/C24H26N4O2/c1-17(29)26-20-15-25-28(16-20)21-13-11-19(12-14-21)24(30)27-23-10-6-5-9-22(23)18-7-3-2-4-8-18/h2-4,7-8,11-16,22-23H,5-6,9-10H2,1H3,(H,26,29)(H,27,30)/t22-,23+/m0/s1. The van der Waals surface area contributed by atoms with Crippen LogP contribution < -0.4 is 10.6 Å². The average molecular weight is 402 g/mol. The van der Waals surface area contributed by atoms with Crippen LogP contribution in [-0.2, 0) is 4.79 Å². The topological polar surface area (TPSA) is 76.0 Å². The highest BCUT2D eigenvalue weighted by molar-refractivity contribution is 5.94. The van der Waals surface area contributed by atoms with Crippen LogP contribution in [-0.4, -0.2) is 27.6 Å². The van der Waals surface area contributed by atoms with Crippen LogP contribution in [0.4, 0.5) is 5.69 Å². The summed E-state index contributed by atoms with van der Waals surface area (Å²) in [6.07, 6.45) is 7.78. The maximum absolute atomic E-state index is 12.9. The monoisotopic (exact) mass is 402 g/mol. The summed E-state index contributed by atoms with van der Waals surface area (Å²) in [7, 11) is 0. The Morgan fingerprint density at radius 1 is 1.00 bits per heavy atom. The molecule has 2 amide bonds. The van der Waals surface area contributed by atoms with Crippen molar-refractivity contribution >= 4 is 17.5 Å². The van der Waals surface area contributed by atoms with Gasteiger partial charge in [0.2, 0.25) is 5.91 Å². The van der Waals surface area contributed by atoms with Crippen molar-refractivity contribution in [2.24, 2.45) is 0 Å². The van der Waals surface area contributed by atoms with E-state index in [1.165, 1.54) is 18.9 Å². The quantitative estimate of drug-likeness (QED) is 0.669. The number of rotatable bonds is 5. The highest BCUT2D eigenvalue weighted by atomic mass is 16.2. The number of hydrogen-bond donors (Lipinski definition) is 2. The second-order valence-electron chi connectivity index (χ2n) is 7.78.